The summed E-state index contributed by atoms with van der Waals surface area (Å²) in [5, 5.41) is 13.0. The van der Waals surface area contributed by atoms with Gasteiger partial charge in [-0.15, -0.1) is 0 Å². The molecule has 1 aromatic carbocycles. The highest BCUT2D eigenvalue weighted by Crippen LogP contribution is 2.29. The number of aromatic nitrogens is 2. The minimum Gasteiger partial charge on any atom is -0.494 e. The molecule has 0 aliphatic carbocycles. The number of amidine groups is 2. The highest BCUT2D eigenvalue weighted by molar-refractivity contribution is 8.14. The molecule has 0 bridgehead atoms. The van der Waals surface area contributed by atoms with E-state index in [-0.39, 0.29) is 10.3 Å². The molecule has 0 radical (unpaired) electrons. The van der Waals surface area contributed by atoms with Crippen LogP contribution in [0, 0.1) is 0 Å². The highest BCUT2D eigenvalue weighted by Gasteiger charge is 2.17. The molecule has 0 aliphatic rings. The molecule has 0 unspecified atom stereocenters. The molecule has 24 heavy (non-hydrogen) atoms. The summed E-state index contributed by atoms with van der Waals surface area (Å²) < 4.78 is 5.46. The number of benzene rings is 1. The normalized spacial score (nSPS) is 10.4. The summed E-state index contributed by atoms with van der Waals surface area (Å²) in [4.78, 5) is 8.54. The van der Waals surface area contributed by atoms with Gasteiger partial charge in [-0.3, -0.25) is 22.3 Å². The van der Waals surface area contributed by atoms with Gasteiger partial charge in [0.15, 0.2) is 0 Å². The molecule has 9 heteroatoms. The first-order valence-electron chi connectivity index (χ1n) is 7.16. The highest BCUT2D eigenvalue weighted by atomic mass is 32.2. The van der Waals surface area contributed by atoms with E-state index < -0.39 is 0 Å². The first-order chi connectivity index (χ1) is 11.5. The summed E-state index contributed by atoms with van der Waals surface area (Å²) in [6, 6.07) is 7.84. The van der Waals surface area contributed by atoms with E-state index in [4.69, 9.17) is 27.0 Å². The lowest BCUT2D eigenvalue weighted by Crippen LogP contribution is -2.43. The van der Waals surface area contributed by atoms with Crippen molar-refractivity contribution in [2.75, 3.05) is 6.61 Å². The third-order valence-corrected chi connectivity index (χ3v) is 4.47. The van der Waals surface area contributed by atoms with Crippen LogP contribution in [0.4, 0.5) is 0 Å². The summed E-state index contributed by atoms with van der Waals surface area (Å²) >= 11 is 2.38. The smallest absolute Gasteiger partial charge is 0.306 e. The lowest BCUT2D eigenvalue weighted by atomic mass is 10.1. The Bertz CT molecular complexity index is 701. The van der Waals surface area contributed by atoms with Crippen molar-refractivity contribution in [1.82, 2.24) is 9.97 Å². The van der Waals surface area contributed by atoms with Crippen LogP contribution in [0.15, 0.2) is 40.6 Å². The zero-order valence-electron chi connectivity index (χ0n) is 13.2. The van der Waals surface area contributed by atoms with E-state index in [1.807, 2.05) is 31.2 Å². The van der Waals surface area contributed by atoms with Gasteiger partial charge in [-0.1, -0.05) is 12.1 Å². The van der Waals surface area contributed by atoms with Crippen molar-refractivity contribution < 1.29 is 15.6 Å². The van der Waals surface area contributed by atoms with E-state index in [2.05, 4.69) is 9.97 Å². The standard InChI is InChI=1S/C15H18N6OS2/c1-2-22-10-5-3-9(4-6-10)7-11-12(23-14(16)17)20-8-21-13(11)24-15(18)19/h3-6,8H,2,7H2,1H3,(H3,16,17)(H3,18,19)/p+2. The van der Waals surface area contributed by atoms with Gasteiger partial charge in [0, 0.05) is 35.5 Å². The fourth-order valence-electron chi connectivity index (χ4n) is 2.01. The summed E-state index contributed by atoms with van der Waals surface area (Å²) in [5.74, 6) is 0.828. The molecule has 0 amide bonds. The first-order valence-corrected chi connectivity index (χ1v) is 8.80. The molecule has 0 atom stereocenters. The number of thioether (sulfide) groups is 2. The van der Waals surface area contributed by atoms with Crippen LogP contribution in [0.3, 0.4) is 0 Å². The molecule has 2 aromatic rings. The summed E-state index contributed by atoms with van der Waals surface area (Å²) in [6.45, 7) is 2.58. The number of ether oxygens (including phenoxy) is 1. The summed E-state index contributed by atoms with van der Waals surface area (Å²) in [7, 11) is 0. The van der Waals surface area contributed by atoms with Crippen LogP contribution < -0.4 is 27.0 Å². The average Bonchev–Trinajstić information content (AvgIpc) is 2.51. The second kappa shape index (κ2) is 8.55. The SMILES string of the molecule is CCOc1ccc(Cc2c(SC(N)=[NH2+])ncnc2SC(N)=[NH2+])cc1. The molecule has 7 nitrogen and oxygen atoms in total. The molecule has 0 fully saturated rings. The maximum Gasteiger partial charge on any atom is 0.306 e. The molecule has 0 spiro atoms. The summed E-state index contributed by atoms with van der Waals surface area (Å²) in [6.07, 6.45) is 2.04. The maximum absolute atomic E-state index is 5.61. The lowest BCUT2D eigenvalue weighted by molar-refractivity contribution is -0.110. The summed E-state index contributed by atoms with van der Waals surface area (Å²) in [5.41, 5.74) is 13.2. The topological polar surface area (TPSA) is 138 Å². The van der Waals surface area contributed by atoms with Crippen molar-refractivity contribution in [2.24, 2.45) is 11.5 Å². The van der Waals surface area contributed by atoms with Crippen LogP contribution in [-0.4, -0.2) is 26.9 Å². The average molecular weight is 365 g/mol. The quantitative estimate of drug-likeness (QED) is 0.218. The van der Waals surface area contributed by atoms with Gasteiger partial charge in [0.25, 0.3) is 0 Å². The van der Waals surface area contributed by atoms with Gasteiger partial charge in [0.2, 0.25) is 0 Å². The number of hydrogen-bond donors (Lipinski definition) is 4. The van der Waals surface area contributed by atoms with Crippen LogP contribution >= 0.6 is 23.5 Å². The van der Waals surface area contributed by atoms with Crippen molar-refractivity contribution in [3.8, 4) is 5.75 Å². The molecular weight excluding hydrogens is 344 g/mol. The van der Waals surface area contributed by atoms with Crippen LogP contribution in [0.5, 0.6) is 5.75 Å². The third-order valence-electron chi connectivity index (χ3n) is 2.91. The number of rotatable bonds is 6. The van der Waals surface area contributed by atoms with Crippen molar-refractivity contribution in [1.29, 1.82) is 0 Å². The fourth-order valence-corrected chi connectivity index (χ4v) is 3.30. The van der Waals surface area contributed by atoms with E-state index in [9.17, 15) is 0 Å². The van der Waals surface area contributed by atoms with Crippen LogP contribution in [-0.2, 0) is 6.42 Å². The van der Waals surface area contributed by atoms with Crippen molar-refractivity contribution >= 4 is 33.9 Å². The molecule has 1 heterocycles. The number of hydrogen-bond acceptors (Lipinski definition) is 5. The zero-order valence-corrected chi connectivity index (χ0v) is 14.9. The van der Waals surface area contributed by atoms with E-state index in [0.29, 0.717) is 23.1 Å². The minimum absolute atomic E-state index is 0.210. The van der Waals surface area contributed by atoms with Gasteiger partial charge in [0.1, 0.15) is 22.1 Å². The fraction of sp³-hybridized carbons (Fsp3) is 0.200. The van der Waals surface area contributed by atoms with Gasteiger partial charge in [0.05, 0.1) is 6.61 Å². The van der Waals surface area contributed by atoms with Gasteiger partial charge in [-0.25, -0.2) is 9.97 Å². The van der Waals surface area contributed by atoms with Crippen molar-refractivity contribution in [2.45, 2.75) is 23.4 Å². The van der Waals surface area contributed by atoms with Crippen molar-refractivity contribution in [3.63, 3.8) is 0 Å². The van der Waals surface area contributed by atoms with E-state index >= 15 is 0 Å². The maximum atomic E-state index is 5.61. The number of nitrogens with zero attached hydrogens (tertiary/aromatic N) is 2. The second-order valence-electron chi connectivity index (χ2n) is 4.73. The second-order valence-corrected chi connectivity index (χ2v) is 6.85. The third kappa shape index (κ3) is 5.14. The van der Waals surface area contributed by atoms with E-state index in [1.165, 1.54) is 29.9 Å². The zero-order chi connectivity index (χ0) is 17.5. The Morgan fingerprint density at radius 3 is 2.04 bits per heavy atom. The van der Waals surface area contributed by atoms with Crippen molar-refractivity contribution in [3.05, 3.63) is 41.7 Å². The van der Waals surface area contributed by atoms with E-state index in [0.717, 1.165) is 16.9 Å². The Morgan fingerprint density at radius 1 is 1.04 bits per heavy atom. The van der Waals surface area contributed by atoms with Crippen LogP contribution in [0.25, 0.3) is 0 Å². The molecule has 0 saturated heterocycles. The predicted octanol–water partition coefficient (Wildman–Crippen LogP) is -1.20. The Labute approximate surface area is 148 Å². The van der Waals surface area contributed by atoms with Crippen LogP contribution in [0.2, 0.25) is 0 Å². The predicted molar refractivity (Wildman–Crippen MR) is 96.4 cm³/mol. The molecule has 126 valence electrons. The number of nitrogens with two attached hydrogens (primary N) is 4. The molecule has 0 aliphatic heterocycles. The Morgan fingerprint density at radius 2 is 1.58 bits per heavy atom. The largest absolute Gasteiger partial charge is 0.494 e. The molecular formula is C15H20N6OS2+2. The van der Waals surface area contributed by atoms with Gasteiger partial charge in [-0.05, 0) is 24.6 Å². The molecule has 8 N–H and O–H groups in total. The Hall–Kier alpha value is -2.26. The van der Waals surface area contributed by atoms with Gasteiger partial charge in [-0.2, -0.15) is 0 Å². The van der Waals surface area contributed by atoms with Crippen LogP contribution in [0.1, 0.15) is 18.1 Å². The monoisotopic (exact) mass is 364 g/mol. The molecule has 1 aromatic heterocycles. The molecule has 0 saturated carbocycles. The van der Waals surface area contributed by atoms with E-state index in [1.54, 1.807) is 0 Å². The first kappa shape index (κ1) is 18.1. The molecule has 2 rings (SSSR count). The Balaban J connectivity index is 2.34. The van der Waals surface area contributed by atoms with Gasteiger partial charge >= 0.3 is 10.3 Å². The Kier molecular flexibility index (Phi) is 6.44. The lowest BCUT2D eigenvalue weighted by Gasteiger charge is -2.10. The van der Waals surface area contributed by atoms with Gasteiger partial charge < -0.3 is 4.74 Å². The minimum atomic E-state index is 0.210.